The zero-order valence-corrected chi connectivity index (χ0v) is 14.5. The van der Waals surface area contributed by atoms with Gasteiger partial charge in [0.25, 0.3) is 0 Å². The van der Waals surface area contributed by atoms with Gasteiger partial charge in [-0.15, -0.1) is 10.2 Å². The summed E-state index contributed by atoms with van der Waals surface area (Å²) in [5.74, 6) is 0.266. The Kier molecular flexibility index (Phi) is 3.63. The molecule has 4 rings (SSSR count). The third kappa shape index (κ3) is 2.54. The zero-order chi connectivity index (χ0) is 16.0. The maximum atomic E-state index is 13.4. The minimum absolute atomic E-state index is 0.312. The van der Waals surface area contributed by atoms with Crippen LogP contribution in [-0.2, 0) is 0 Å². The summed E-state index contributed by atoms with van der Waals surface area (Å²) >= 11 is 10.8. The maximum Gasteiger partial charge on any atom is 0.235 e. The Bertz CT molecular complexity index is 1030. The Hall–Kier alpha value is -1.83. The van der Waals surface area contributed by atoms with Gasteiger partial charge in [-0.05, 0) is 46.3 Å². The first-order valence-corrected chi connectivity index (χ1v) is 8.55. The molecule has 0 radical (unpaired) electrons. The average Bonchev–Trinajstić information content (AvgIpc) is 3.11. The van der Waals surface area contributed by atoms with Gasteiger partial charge in [-0.1, -0.05) is 35.1 Å². The Morgan fingerprint density at radius 2 is 1.96 bits per heavy atom. The van der Waals surface area contributed by atoms with Crippen LogP contribution in [0.2, 0.25) is 5.02 Å². The standard InChI is InChI=1S/C15H7BrClFN4S/c16-10-7-8(5-6-12(10)18)14-21-22-13(19-20-15(22)23-14)9-3-1-2-4-11(9)17/h1-7H. The number of fused-ring (bicyclic) bond motifs is 1. The molecule has 0 bridgehead atoms. The third-order valence-corrected chi connectivity index (χ3v) is 5.16. The maximum absolute atomic E-state index is 13.4. The van der Waals surface area contributed by atoms with Crippen LogP contribution in [0.1, 0.15) is 0 Å². The van der Waals surface area contributed by atoms with E-state index in [-0.39, 0.29) is 5.82 Å². The van der Waals surface area contributed by atoms with Crippen molar-refractivity contribution in [3.8, 4) is 22.0 Å². The molecule has 0 fully saturated rings. The summed E-state index contributed by atoms with van der Waals surface area (Å²) < 4.78 is 15.4. The Balaban J connectivity index is 1.86. The Labute approximate surface area is 147 Å². The number of hydrogen-bond acceptors (Lipinski definition) is 4. The summed E-state index contributed by atoms with van der Waals surface area (Å²) in [7, 11) is 0. The zero-order valence-electron chi connectivity index (χ0n) is 11.4. The van der Waals surface area contributed by atoms with Gasteiger partial charge in [-0.3, -0.25) is 0 Å². The van der Waals surface area contributed by atoms with Crippen LogP contribution in [0.15, 0.2) is 46.9 Å². The molecule has 2 heterocycles. The van der Waals surface area contributed by atoms with Gasteiger partial charge in [0.2, 0.25) is 4.96 Å². The lowest BCUT2D eigenvalue weighted by Crippen LogP contribution is -1.91. The third-order valence-electron chi connectivity index (χ3n) is 3.27. The van der Waals surface area contributed by atoms with E-state index >= 15 is 0 Å². The molecule has 0 spiro atoms. The van der Waals surface area contributed by atoms with Gasteiger partial charge < -0.3 is 0 Å². The molecule has 0 atom stereocenters. The highest BCUT2D eigenvalue weighted by Gasteiger charge is 2.16. The van der Waals surface area contributed by atoms with E-state index in [1.165, 1.54) is 17.4 Å². The monoisotopic (exact) mass is 408 g/mol. The van der Waals surface area contributed by atoms with E-state index in [0.717, 1.165) is 16.1 Å². The van der Waals surface area contributed by atoms with Crippen molar-refractivity contribution < 1.29 is 4.39 Å². The van der Waals surface area contributed by atoms with E-state index in [4.69, 9.17) is 11.6 Å². The van der Waals surface area contributed by atoms with Crippen molar-refractivity contribution in [2.45, 2.75) is 0 Å². The van der Waals surface area contributed by atoms with E-state index in [0.29, 0.717) is 20.3 Å². The van der Waals surface area contributed by atoms with E-state index in [2.05, 4.69) is 31.2 Å². The molecule has 4 aromatic rings. The topological polar surface area (TPSA) is 43.1 Å². The van der Waals surface area contributed by atoms with Crippen molar-refractivity contribution in [3.05, 3.63) is 57.8 Å². The molecule has 2 aromatic heterocycles. The first kappa shape index (κ1) is 14.7. The highest BCUT2D eigenvalue weighted by molar-refractivity contribution is 9.10. The molecule has 0 aliphatic rings. The Morgan fingerprint density at radius 3 is 2.74 bits per heavy atom. The molecule has 0 saturated carbocycles. The molecule has 23 heavy (non-hydrogen) atoms. The lowest BCUT2D eigenvalue weighted by molar-refractivity contribution is 0.621. The molecule has 8 heteroatoms. The van der Waals surface area contributed by atoms with Crippen LogP contribution in [0.4, 0.5) is 4.39 Å². The van der Waals surface area contributed by atoms with Crippen LogP contribution in [-0.4, -0.2) is 19.8 Å². The van der Waals surface area contributed by atoms with Gasteiger partial charge in [-0.2, -0.15) is 9.61 Å². The van der Waals surface area contributed by atoms with Gasteiger partial charge in [-0.25, -0.2) is 4.39 Å². The highest BCUT2D eigenvalue weighted by Crippen LogP contribution is 2.32. The van der Waals surface area contributed by atoms with Crippen LogP contribution in [0.5, 0.6) is 0 Å². The van der Waals surface area contributed by atoms with Gasteiger partial charge in [0.15, 0.2) is 5.82 Å². The molecular formula is C15H7BrClFN4S. The lowest BCUT2D eigenvalue weighted by atomic mass is 10.2. The minimum Gasteiger partial charge on any atom is -0.206 e. The average molecular weight is 410 g/mol. The second-order valence-corrected chi connectivity index (χ2v) is 6.95. The van der Waals surface area contributed by atoms with E-state index in [9.17, 15) is 4.39 Å². The van der Waals surface area contributed by atoms with Crippen molar-refractivity contribution in [1.29, 1.82) is 0 Å². The number of hydrogen-bond donors (Lipinski definition) is 0. The van der Waals surface area contributed by atoms with Crippen molar-refractivity contribution in [1.82, 2.24) is 19.8 Å². The molecule has 0 aliphatic carbocycles. The SMILES string of the molecule is Fc1ccc(-c2nn3c(-c4ccccc4Cl)nnc3s2)cc1Br. The molecule has 0 saturated heterocycles. The summed E-state index contributed by atoms with van der Waals surface area (Å²) in [4.78, 5) is 0.648. The lowest BCUT2D eigenvalue weighted by Gasteiger charge is -2.00. The fraction of sp³-hybridized carbons (Fsp3) is 0. The second kappa shape index (κ2) is 5.67. The molecule has 0 N–H and O–H groups in total. The van der Waals surface area contributed by atoms with E-state index in [1.54, 1.807) is 22.7 Å². The molecule has 4 nitrogen and oxygen atoms in total. The summed E-state index contributed by atoms with van der Waals surface area (Å²) in [5.41, 5.74) is 1.57. The molecule has 0 aliphatic heterocycles. The predicted molar refractivity (Wildman–Crippen MR) is 92.2 cm³/mol. The predicted octanol–water partition coefficient (Wildman–Crippen LogP) is 5.07. The minimum atomic E-state index is -0.312. The fourth-order valence-corrected chi connectivity index (χ4v) is 3.61. The molecule has 114 valence electrons. The van der Waals surface area contributed by atoms with Gasteiger partial charge in [0.05, 0.1) is 9.50 Å². The van der Waals surface area contributed by atoms with Crippen LogP contribution in [0.25, 0.3) is 26.9 Å². The normalized spacial score (nSPS) is 11.3. The Morgan fingerprint density at radius 1 is 1.13 bits per heavy atom. The van der Waals surface area contributed by atoms with Crippen molar-refractivity contribution in [2.75, 3.05) is 0 Å². The smallest absolute Gasteiger partial charge is 0.206 e. The summed E-state index contributed by atoms with van der Waals surface area (Å²) in [6, 6.07) is 12.2. The quantitative estimate of drug-likeness (QED) is 0.464. The van der Waals surface area contributed by atoms with Crippen LogP contribution < -0.4 is 0 Å². The molecule has 0 unspecified atom stereocenters. The van der Waals surface area contributed by atoms with Crippen molar-refractivity contribution >= 4 is 43.8 Å². The molecule has 2 aromatic carbocycles. The molecule has 0 amide bonds. The van der Waals surface area contributed by atoms with Crippen molar-refractivity contribution in [3.63, 3.8) is 0 Å². The van der Waals surface area contributed by atoms with E-state index in [1.807, 2.05) is 18.2 Å². The number of rotatable bonds is 2. The van der Waals surface area contributed by atoms with Crippen LogP contribution in [0, 0.1) is 5.82 Å². The largest absolute Gasteiger partial charge is 0.235 e. The number of nitrogens with zero attached hydrogens (tertiary/aromatic N) is 4. The second-order valence-electron chi connectivity index (χ2n) is 4.73. The van der Waals surface area contributed by atoms with E-state index < -0.39 is 0 Å². The first-order valence-electron chi connectivity index (χ1n) is 6.56. The number of benzene rings is 2. The van der Waals surface area contributed by atoms with Gasteiger partial charge >= 0.3 is 0 Å². The number of halogens is 3. The van der Waals surface area contributed by atoms with Crippen molar-refractivity contribution in [2.24, 2.45) is 0 Å². The summed E-state index contributed by atoms with van der Waals surface area (Å²) in [5, 5.41) is 14.2. The highest BCUT2D eigenvalue weighted by atomic mass is 79.9. The number of aromatic nitrogens is 4. The van der Waals surface area contributed by atoms with Crippen LogP contribution >= 0.6 is 38.9 Å². The van der Waals surface area contributed by atoms with Gasteiger partial charge in [0, 0.05) is 11.1 Å². The summed E-state index contributed by atoms with van der Waals surface area (Å²) in [6.07, 6.45) is 0. The summed E-state index contributed by atoms with van der Waals surface area (Å²) in [6.45, 7) is 0. The van der Waals surface area contributed by atoms with Gasteiger partial charge in [0.1, 0.15) is 10.8 Å². The molecular weight excluding hydrogens is 403 g/mol. The first-order chi connectivity index (χ1) is 11.1. The van der Waals surface area contributed by atoms with Crippen LogP contribution in [0.3, 0.4) is 0 Å². The fourth-order valence-electron chi connectivity index (χ4n) is 2.17.